The molecule has 1 atom stereocenters. The Labute approximate surface area is 124 Å². The Morgan fingerprint density at radius 3 is 2.67 bits per heavy atom. The Morgan fingerprint density at radius 1 is 1.29 bits per heavy atom. The highest BCUT2D eigenvalue weighted by Crippen LogP contribution is 2.46. The minimum absolute atomic E-state index is 0.318. The number of nitrogens with one attached hydrogen (secondary N) is 2. The van der Waals surface area contributed by atoms with E-state index in [1.165, 1.54) is 0 Å². The van der Waals surface area contributed by atoms with Crippen LogP contribution in [-0.4, -0.2) is 37.1 Å². The highest BCUT2D eigenvalue weighted by molar-refractivity contribution is 5.40. The fourth-order valence-electron chi connectivity index (χ4n) is 2.11. The molecule has 1 aliphatic carbocycles. The van der Waals surface area contributed by atoms with E-state index in [-0.39, 0.29) is 0 Å². The predicted molar refractivity (Wildman–Crippen MR) is 81.5 cm³/mol. The molecule has 7 heteroatoms. The number of hydrogen-bond donors (Lipinski definition) is 2. The molecule has 1 unspecified atom stereocenters. The van der Waals surface area contributed by atoms with Crippen LogP contribution in [0, 0.1) is 5.41 Å². The van der Waals surface area contributed by atoms with Gasteiger partial charge in [-0.2, -0.15) is 15.0 Å². The number of nitrogens with zero attached hydrogens (tertiary/aromatic N) is 5. The zero-order chi connectivity index (χ0) is 14.9. The Bertz CT molecular complexity index is 606. The van der Waals surface area contributed by atoms with E-state index >= 15 is 0 Å². The summed E-state index contributed by atoms with van der Waals surface area (Å²) in [7, 11) is 0. The van der Waals surface area contributed by atoms with Crippen molar-refractivity contribution in [2.24, 2.45) is 5.41 Å². The Hall–Kier alpha value is -2.18. The SMILES string of the molecule is CCCNc1nc(NC2CC2(C)C)nc(-n2ccnc2)n1. The molecule has 7 nitrogen and oxygen atoms in total. The summed E-state index contributed by atoms with van der Waals surface area (Å²) in [6.07, 6.45) is 7.37. The first kappa shape index (κ1) is 13.8. The number of anilines is 2. The van der Waals surface area contributed by atoms with Crippen molar-refractivity contribution in [3.8, 4) is 5.95 Å². The van der Waals surface area contributed by atoms with Gasteiger partial charge in [0.15, 0.2) is 0 Å². The lowest BCUT2D eigenvalue weighted by Gasteiger charge is -2.11. The molecule has 0 saturated heterocycles. The second-order valence-electron chi connectivity index (χ2n) is 6.07. The van der Waals surface area contributed by atoms with Crippen LogP contribution < -0.4 is 10.6 Å². The van der Waals surface area contributed by atoms with Gasteiger partial charge in [0, 0.05) is 25.0 Å². The monoisotopic (exact) mass is 287 g/mol. The minimum atomic E-state index is 0.318. The maximum Gasteiger partial charge on any atom is 0.241 e. The van der Waals surface area contributed by atoms with Crippen molar-refractivity contribution in [3.05, 3.63) is 18.7 Å². The molecule has 0 bridgehead atoms. The van der Waals surface area contributed by atoms with Gasteiger partial charge in [0.1, 0.15) is 6.33 Å². The topological polar surface area (TPSA) is 80.5 Å². The van der Waals surface area contributed by atoms with Gasteiger partial charge in [-0.05, 0) is 18.3 Å². The molecule has 1 aliphatic rings. The van der Waals surface area contributed by atoms with Crippen LogP contribution >= 0.6 is 0 Å². The molecule has 112 valence electrons. The average molecular weight is 287 g/mol. The maximum absolute atomic E-state index is 4.48. The second-order valence-corrected chi connectivity index (χ2v) is 6.07. The van der Waals surface area contributed by atoms with Crippen LogP contribution in [0.25, 0.3) is 5.95 Å². The lowest BCUT2D eigenvalue weighted by molar-refractivity contribution is 0.628. The van der Waals surface area contributed by atoms with Crippen LogP contribution in [0.1, 0.15) is 33.6 Å². The first-order valence-electron chi connectivity index (χ1n) is 7.33. The minimum Gasteiger partial charge on any atom is -0.354 e. The molecule has 2 heterocycles. The number of aromatic nitrogens is 5. The lowest BCUT2D eigenvalue weighted by atomic mass is 10.2. The third kappa shape index (κ3) is 3.12. The van der Waals surface area contributed by atoms with Crippen molar-refractivity contribution in [3.63, 3.8) is 0 Å². The number of rotatable bonds is 6. The van der Waals surface area contributed by atoms with Gasteiger partial charge < -0.3 is 10.6 Å². The molecule has 2 aromatic heterocycles. The second kappa shape index (κ2) is 5.31. The average Bonchev–Trinajstić information content (AvgIpc) is 2.89. The summed E-state index contributed by atoms with van der Waals surface area (Å²) in [5.41, 5.74) is 0.318. The van der Waals surface area contributed by atoms with Gasteiger partial charge in [0.25, 0.3) is 0 Å². The van der Waals surface area contributed by atoms with Gasteiger partial charge in [-0.15, -0.1) is 0 Å². The number of imidazole rings is 1. The molecule has 1 fully saturated rings. The van der Waals surface area contributed by atoms with E-state index in [1.807, 2.05) is 6.20 Å². The molecule has 3 rings (SSSR count). The standard InChI is InChI=1S/C14H21N7/c1-4-5-16-11-18-12(17-10-8-14(10,2)3)20-13(19-11)21-7-6-15-9-21/h6-7,9-10H,4-5,8H2,1-3H3,(H2,16,17,18,19,20). The normalized spacial score (nSPS) is 19.3. The predicted octanol–water partition coefficient (Wildman–Crippen LogP) is 2.09. The van der Waals surface area contributed by atoms with E-state index in [0.717, 1.165) is 19.4 Å². The van der Waals surface area contributed by atoms with Crippen molar-refractivity contribution in [2.75, 3.05) is 17.2 Å². The van der Waals surface area contributed by atoms with Gasteiger partial charge in [-0.25, -0.2) is 4.98 Å². The van der Waals surface area contributed by atoms with Gasteiger partial charge in [-0.1, -0.05) is 20.8 Å². The number of hydrogen-bond acceptors (Lipinski definition) is 6. The van der Waals surface area contributed by atoms with Crippen LogP contribution in [0.2, 0.25) is 0 Å². The fourth-order valence-corrected chi connectivity index (χ4v) is 2.11. The van der Waals surface area contributed by atoms with Gasteiger partial charge in [-0.3, -0.25) is 4.57 Å². The summed E-state index contributed by atoms with van der Waals surface area (Å²) in [5.74, 6) is 1.78. The third-order valence-corrected chi connectivity index (χ3v) is 3.71. The molecule has 1 saturated carbocycles. The van der Waals surface area contributed by atoms with Crippen molar-refractivity contribution < 1.29 is 0 Å². The smallest absolute Gasteiger partial charge is 0.241 e. The summed E-state index contributed by atoms with van der Waals surface area (Å²) in [6, 6.07) is 0.426. The summed E-state index contributed by atoms with van der Waals surface area (Å²) >= 11 is 0. The van der Waals surface area contributed by atoms with Crippen molar-refractivity contribution in [2.45, 2.75) is 39.7 Å². The van der Waals surface area contributed by atoms with E-state index in [9.17, 15) is 0 Å². The maximum atomic E-state index is 4.48. The van der Waals surface area contributed by atoms with Gasteiger partial charge in [0.2, 0.25) is 17.8 Å². The van der Waals surface area contributed by atoms with Crippen LogP contribution in [0.5, 0.6) is 0 Å². The van der Waals surface area contributed by atoms with E-state index in [0.29, 0.717) is 29.3 Å². The molecule has 0 spiro atoms. The molecule has 0 aliphatic heterocycles. The molecule has 0 radical (unpaired) electrons. The lowest BCUT2D eigenvalue weighted by Crippen LogP contribution is -2.15. The summed E-state index contributed by atoms with van der Waals surface area (Å²) in [4.78, 5) is 17.4. The molecule has 2 N–H and O–H groups in total. The van der Waals surface area contributed by atoms with E-state index in [1.54, 1.807) is 17.1 Å². The van der Waals surface area contributed by atoms with Crippen LogP contribution in [0.4, 0.5) is 11.9 Å². The third-order valence-electron chi connectivity index (χ3n) is 3.71. The van der Waals surface area contributed by atoms with E-state index in [2.05, 4.69) is 51.3 Å². The summed E-state index contributed by atoms with van der Waals surface area (Å²) in [5, 5.41) is 6.60. The van der Waals surface area contributed by atoms with Gasteiger partial charge >= 0.3 is 0 Å². The van der Waals surface area contributed by atoms with Crippen LogP contribution in [-0.2, 0) is 0 Å². The van der Waals surface area contributed by atoms with Crippen molar-refractivity contribution in [1.29, 1.82) is 0 Å². The van der Waals surface area contributed by atoms with Crippen LogP contribution in [0.15, 0.2) is 18.7 Å². The molecular weight excluding hydrogens is 266 g/mol. The molecule has 21 heavy (non-hydrogen) atoms. The Kier molecular flexibility index (Phi) is 3.48. The first-order valence-corrected chi connectivity index (χ1v) is 7.33. The highest BCUT2D eigenvalue weighted by atomic mass is 15.3. The van der Waals surface area contributed by atoms with E-state index < -0.39 is 0 Å². The van der Waals surface area contributed by atoms with Crippen LogP contribution in [0.3, 0.4) is 0 Å². The molecule has 2 aromatic rings. The quantitative estimate of drug-likeness (QED) is 0.846. The largest absolute Gasteiger partial charge is 0.354 e. The van der Waals surface area contributed by atoms with Gasteiger partial charge in [0.05, 0.1) is 0 Å². The first-order chi connectivity index (χ1) is 10.1. The Morgan fingerprint density at radius 2 is 2.05 bits per heavy atom. The fraction of sp³-hybridized carbons (Fsp3) is 0.571. The zero-order valence-corrected chi connectivity index (χ0v) is 12.7. The highest BCUT2D eigenvalue weighted by Gasteiger charge is 2.46. The molecular formula is C14H21N7. The Balaban J connectivity index is 1.86. The summed E-state index contributed by atoms with van der Waals surface area (Å²) < 4.78 is 1.78. The molecule has 0 amide bonds. The van der Waals surface area contributed by atoms with E-state index in [4.69, 9.17) is 0 Å². The zero-order valence-electron chi connectivity index (χ0n) is 12.7. The van der Waals surface area contributed by atoms with Crippen molar-refractivity contribution in [1.82, 2.24) is 24.5 Å². The van der Waals surface area contributed by atoms with Crippen molar-refractivity contribution >= 4 is 11.9 Å². The summed E-state index contributed by atoms with van der Waals surface area (Å²) in [6.45, 7) is 7.41. The molecule has 0 aromatic carbocycles.